The zero-order valence-electron chi connectivity index (χ0n) is 18.1. The maximum Gasteiger partial charge on any atom is 0.312 e. The summed E-state index contributed by atoms with van der Waals surface area (Å²) < 4.78 is 67.3. The highest BCUT2D eigenvalue weighted by atomic mass is 19.3. The number of rotatable bonds is 5. The zero-order chi connectivity index (χ0) is 24.8. The lowest BCUT2D eigenvalue weighted by Gasteiger charge is -2.47. The molecule has 1 aromatic rings. The molecule has 3 aliphatic rings. The number of carbonyl (C=O) groups excluding carboxylic acids is 3. The van der Waals surface area contributed by atoms with Gasteiger partial charge < -0.3 is 10.2 Å². The topological polar surface area (TPSA) is 91.2 Å². The van der Waals surface area contributed by atoms with Crippen LogP contribution in [0, 0.1) is 23.4 Å². The summed E-state index contributed by atoms with van der Waals surface area (Å²) in [4.78, 5) is 39.3. The number of nitrogens with one attached hydrogen (secondary N) is 1. The lowest BCUT2D eigenvalue weighted by Crippen LogP contribution is -2.65. The van der Waals surface area contributed by atoms with E-state index in [0.29, 0.717) is 0 Å². The van der Waals surface area contributed by atoms with Crippen LogP contribution in [-0.4, -0.2) is 53.1 Å². The van der Waals surface area contributed by atoms with E-state index in [1.165, 1.54) is 11.0 Å². The highest BCUT2D eigenvalue weighted by Crippen LogP contribution is 2.50. The number of carbonyl (C=O) groups is 3. The van der Waals surface area contributed by atoms with Crippen LogP contribution in [-0.2, 0) is 20.8 Å². The van der Waals surface area contributed by atoms with Gasteiger partial charge in [0.15, 0.2) is 17.5 Å². The van der Waals surface area contributed by atoms with Crippen LogP contribution < -0.4 is 5.32 Å². The number of hydrogen-bond donors (Lipinski definition) is 1. The number of alkyl halides is 2. The summed E-state index contributed by atoms with van der Waals surface area (Å²) in [5, 5.41) is 9.91. The molecule has 1 N–H and O–H groups in total. The summed E-state index contributed by atoms with van der Waals surface area (Å²) in [6, 6.07) is 0.945. The van der Waals surface area contributed by atoms with Crippen molar-refractivity contribution in [1.82, 2.24) is 10.2 Å². The third kappa shape index (κ3) is 4.45. The molecular weight excluding hydrogens is 463 g/mol. The summed E-state index contributed by atoms with van der Waals surface area (Å²) in [6.45, 7) is 1.70. The van der Waals surface area contributed by atoms with E-state index in [9.17, 15) is 36.3 Å². The van der Waals surface area contributed by atoms with Gasteiger partial charge in [-0.25, -0.2) is 22.0 Å². The van der Waals surface area contributed by atoms with Crippen LogP contribution in [0.15, 0.2) is 34.1 Å². The van der Waals surface area contributed by atoms with E-state index in [1.807, 2.05) is 0 Å². The Morgan fingerprint density at radius 1 is 1.15 bits per heavy atom. The van der Waals surface area contributed by atoms with Crippen molar-refractivity contribution >= 4 is 17.6 Å². The Morgan fingerprint density at radius 2 is 1.79 bits per heavy atom. The summed E-state index contributed by atoms with van der Waals surface area (Å²) in [7, 11) is 0. The maximum atomic E-state index is 13.6. The molecule has 0 aromatic heterocycles. The first-order chi connectivity index (χ1) is 15.9. The maximum absolute atomic E-state index is 13.6. The average molecular weight is 484 g/mol. The number of amides is 2. The molecule has 1 saturated carbocycles. The largest absolute Gasteiger partial charge is 0.336 e. The van der Waals surface area contributed by atoms with E-state index in [-0.39, 0.29) is 37.2 Å². The lowest BCUT2D eigenvalue weighted by molar-refractivity contribution is -0.154. The van der Waals surface area contributed by atoms with Gasteiger partial charge in [-0.1, -0.05) is 0 Å². The Balaban J connectivity index is 1.40. The molecule has 0 unspecified atom stereocenters. The number of azo groups is 1. The molecule has 12 heteroatoms. The minimum atomic E-state index is -3.01. The Hall–Kier alpha value is -3.18. The van der Waals surface area contributed by atoms with Gasteiger partial charge in [0.1, 0.15) is 5.78 Å². The van der Waals surface area contributed by atoms with E-state index >= 15 is 0 Å². The molecule has 182 valence electrons. The molecule has 7 nitrogen and oxygen atoms in total. The molecule has 2 atom stereocenters. The first-order valence-electron chi connectivity index (χ1n) is 10.7. The molecule has 1 aliphatic carbocycles. The van der Waals surface area contributed by atoms with Crippen molar-refractivity contribution in [2.24, 2.45) is 16.1 Å². The normalized spacial score (nSPS) is 24.5. The molecular formula is C22H21F5N4O3. The van der Waals surface area contributed by atoms with Crippen LogP contribution in [0.1, 0.15) is 31.7 Å². The number of likely N-dealkylation sites (tertiary alicyclic amines) is 1. The number of ketones is 1. The fourth-order valence-electron chi connectivity index (χ4n) is 4.75. The van der Waals surface area contributed by atoms with Gasteiger partial charge in [0, 0.05) is 37.8 Å². The van der Waals surface area contributed by atoms with E-state index < -0.39 is 71.3 Å². The van der Waals surface area contributed by atoms with Gasteiger partial charge >= 0.3 is 11.8 Å². The molecule has 2 amide bonds. The number of halogens is 5. The number of benzene rings is 1. The van der Waals surface area contributed by atoms with Gasteiger partial charge in [-0.15, -0.1) is 0 Å². The number of nitrogens with zero attached hydrogens (tertiary/aromatic N) is 3. The first kappa shape index (κ1) is 24.0. The van der Waals surface area contributed by atoms with Crippen molar-refractivity contribution in [2.45, 2.75) is 50.1 Å². The Morgan fingerprint density at radius 3 is 2.35 bits per heavy atom. The van der Waals surface area contributed by atoms with Crippen molar-refractivity contribution in [3.05, 3.63) is 46.9 Å². The van der Waals surface area contributed by atoms with Gasteiger partial charge in [0.25, 0.3) is 5.92 Å². The van der Waals surface area contributed by atoms with Crippen molar-refractivity contribution in [3.63, 3.8) is 0 Å². The minimum absolute atomic E-state index is 0.0524. The summed E-state index contributed by atoms with van der Waals surface area (Å²) in [5.74, 6) is -10.7. The molecule has 0 spiro atoms. The predicted octanol–water partition coefficient (Wildman–Crippen LogP) is 3.09. The summed E-state index contributed by atoms with van der Waals surface area (Å²) in [6.07, 6.45) is -0.0748. The molecule has 2 fully saturated rings. The first-order valence-corrected chi connectivity index (χ1v) is 10.7. The molecule has 4 rings (SSSR count). The van der Waals surface area contributed by atoms with Crippen LogP contribution in [0.4, 0.5) is 22.0 Å². The molecule has 34 heavy (non-hydrogen) atoms. The third-order valence-electron chi connectivity index (χ3n) is 6.42. The van der Waals surface area contributed by atoms with Crippen LogP contribution in [0.2, 0.25) is 0 Å². The summed E-state index contributed by atoms with van der Waals surface area (Å²) in [5.41, 5.74) is -1.35. The second-order valence-corrected chi connectivity index (χ2v) is 9.01. The SMILES string of the molecule is C[C@H]1C[C@H](C(=O)Cc2cc(F)c(F)c(F)c2)CN1C(=O)C(=O)NC1(C2=CCN=N2)CC(F)(F)C1. The molecule has 2 aliphatic heterocycles. The van der Waals surface area contributed by atoms with Gasteiger partial charge in [-0.05, 0) is 37.1 Å². The molecule has 0 bridgehead atoms. The van der Waals surface area contributed by atoms with E-state index in [1.54, 1.807) is 6.92 Å². The number of Topliss-reactive ketones (excluding diaryl/α,β-unsaturated/α-hetero) is 1. The number of hydrogen-bond acceptors (Lipinski definition) is 5. The van der Waals surface area contributed by atoms with Crippen LogP contribution in [0.3, 0.4) is 0 Å². The molecule has 0 radical (unpaired) electrons. The van der Waals surface area contributed by atoms with Crippen molar-refractivity contribution < 1.29 is 36.3 Å². The second kappa shape index (κ2) is 8.55. The third-order valence-corrected chi connectivity index (χ3v) is 6.42. The average Bonchev–Trinajstić information content (AvgIpc) is 3.40. The van der Waals surface area contributed by atoms with Gasteiger partial charge in [-0.2, -0.15) is 10.2 Å². The monoisotopic (exact) mass is 484 g/mol. The van der Waals surface area contributed by atoms with Crippen molar-refractivity contribution in [1.29, 1.82) is 0 Å². The van der Waals surface area contributed by atoms with Crippen LogP contribution in [0.5, 0.6) is 0 Å². The Bertz CT molecular complexity index is 1090. The quantitative estimate of drug-likeness (QED) is 0.396. The van der Waals surface area contributed by atoms with Crippen LogP contribution in [0.25, 0.3) is 0 Å². The van der Waals surface area contributed by atoms with Gasteiger partial charge in [-0.3, -0.25) is 14.4 Å². The highest BCUT2D eigenvalue weighted by molar-refractivity contribution is 6.35. The summed E-state index contributed by atoms with van der Waals surface area (Å²) >= 11 is 0. The zero-order valence-corrected chi connectivity index (χ0v) is 18.1. The fraction of sp³-hybridized carbons (Fsp3) is 0.500. The Labute approximate surface area is 191 Å². The molecule has 2 heterocycles. The van der Waals surface area contributed by atoms with Crippen molar-refractivity contribution in [2.75, 3.05) is 13.1 Å². The standard InChI is InChI=1S/C22H21F5N4O3/c1-11-4-13(16(32)7-12-5-14(23)18(25)15(24)6-12)8-31(11)20(34)19(33)29-21(9-22(26,27)10-21)17-2-3-28-30-17/h2,5-6,11,13H,3-4,7-10H2,1H3,(H,29,33)/t11-,13-/m0/s1. The van der Waals surface area contributed by atoms with E-state index in [4.69, 9.17) is 0 Å². The van der Waals surface area contributed by atoms with Gasteiger partial charge in [0.05, 0.1) is 17.8 Å². The van der Waals surface area contributed by atoms with Crippen LogP contribution >= 0.6 is 0 Å². The van der Waals surface area contributed by atoms with E-state index in [2.05, 4.69) is 15.5 Å². The fourth-order valence-corrected chi connectivity index (χ4v) is 4.75. The van der Waals surface area contributed by atoms with E-state index in [0.717, 1.165) is 12.1 Å². The second-order valence-electron chi connectivity index (χ2n) is 9.01. The molecule has 1 saturated heterocycles. The molecule has 1 aromatic carbocycles. The van der Waals surface area contributed by atoms with Gasteiger partial charge in [0.2, 0.25) is 0 Å². The van der Waals surface area contributed by atoms with Crippen molar-refractivity contribution in [3.8, 4) is 0 Å². The lowest BCUT2D eigenvalue weighted by atomic mass is 9.71. The minimum Gasteiger partial charge on any atom is -0.336 e. The predicted molar refractivity (Wildman–Crippen MR) is 107 cm³/mol. The smallest absolute Gasteiger partial charge is 0.312 e. The Kier molecular flexibility index (Phi) is 6.03. The highest BCUT2D eigenvalue weighted by Gasteiger charge is 2.60.